The van der Waals surface area contributed by atoms with Crippen LogP contribution in [0.15, 0.2) is 43.0 Å². The summed E-state index contributed by atoms with van der Waals surface area (Å²) in [7, 11) is 0. The topological polar surface area (TPSA) is 17.1 Å². The van der Waals surface area contributed by atoms with Gasteiger partial charge in [-0.15, -0.1) is 6.58 Å². The highest BCUT2D eigenvalue weighted by Gasteiger charge is 2.02. The number of unbranched alkanes of at least 4 members (excludes halogenated alkanes) is 3. The Kier molecular flexibility index (Phi) is 7.87. The van der Waals surface area contributed by atoms with Gasteiger partial charge in [-0.2, -0.15) is 0 Å². The van der Waals surface area contributed by atoms with Crippen LogP contribution in [-0.2, 0) is 11.2 Å². The van der Waals surface area contributed by atoms with Gasteiger partial charge in [-0.25, -0.2) is 0 Å². The zero-order valence-electron chi connectivity index (χ0n) is 11.2. The van der Waals surface area contributed by atoms with E-state index >= 15 is 0 Å². The maximum atomic E-state index is 11.6. The van der Waals surface area contributed by atoms with E-state index in [1.807, 2.05) is 12.1 Å². The van der Waals surface area contributed by atoms with Crippen molar-refractivity contribution in [1.82, 2.24) is 0 Å². The maximum Gasteiger partial charge on any atom is 0.132 e. The van der Waals surface area contributed by atoms with Gasteiger partial charge in [0.05, 0.1) is 0 Å². The molecule has 0 saturated carbocycles. The Morgan fingerprint density at radius 2 is 1.72 bits per heavy atom. The van der Waals surface area contributed by atoms with Gasteiger partial charge >= 0.3 is 0 Å². The van der Waals surface area contributed by atoms with Crippen LogP contribution in [-0.4, -0.2) is 5.78 Å². The average Bonchev–Trinajstić information content (AvgIpc) is 2.40. The lowest BCUT2D eigenvalue weighted by Crippen LogP contribution is -1.98. The standard InChI is InChI=1S/C17H24O/c1-2-3-4-5-9-14-17(18)15-10-13-16-11-7-6-8-12-16/h2,6-8,11-12H,1,3-5,9-10,13-15H2. The molecule has 0 aliphatic rings. The fourth-order valence-corrected chi connectivity index (χ4v) is 2.05. The first-order chi connectivity index (χ1) is 8.83. The number of carbonyl (C=O) groups excluding carboxylic acids is 1. The van der Waals surface area contributed by atoms with E-state index in [4.69, 9.17) is 0 Å². The first kappa shape index (κ1) is 14.7. The van der Waals surface area contributed by atoms with Gasteiger partial charge in [0.25, 0.3) is 0 Å². The van der Waals surface area contributed by atoms with Crippen molar-refractivity contribution in [2.75, 3.05) is 0 Å². The number of Topliss-reactive ketones (excluding diaryl/α,β-unsaturated/α-hetero) is 1. The second kappa shape index (κ2) is 9.64. The predicted molar refractivity (Wildman–Crippen MR) is 77.7 cm³/mol. The number of benzene rings is 1. The summed E-state index contributed by atoms with van der Waals surface area (Å²) < 4.78 is 0. The predicted octanol–water partition coefficient (Wildman–Crippen LogP) is 4.71. The first-order valence-corrected chi connectivity index (χ1v) is 6.99. The Morgan fingerprint density at radius 1 is 1.00 bits per heavy atom. The van der Waals surface area contributed by atoms with Crippen LogP contribution in [0.3, 0.4) is 0 Å². The van der Waals surface area contributed by atoms with E-state index in [0.29, 0.717) is 5.78 Å². The molecule has 0 aromatic heterocycles. The van der Waals surface area contributed by atoms with Crippen LogP contribution in [0, 0.1) is 0 Å². The highest BCUT2D eigenvalue weighted by molar-refractivity contribution is 5.78. The number of rotatable bonds is 10. The van der Waals surface area contributed by atoms with Crippen molar-refractivity contribution < 1.29 is 4.79 Å². The molecular formula is C17H24O. The first-order valence-electron chi connectivity index (χ1n) is 6.99. The molecule has 0 aliphatic heterocycles. The normalized spacial score (nSPS) is 10.2. The molecule has 1 rings (SSSR count). The third-order valence-electron chi connectivity index (χ3n) is 3.13. The minimum atomic E-state index is 0.421. The summed E-state index contributed by atoms with van der Waals surface area (Å²) in [5.41, 5.74) is 1.33. The Morgan fingerprint density at radius 3 is 2.44 bits per heavy atom. The van der Waals surface area contributed by atoms with Gasteiger partial charge in [-0.1, -0.05) is 42.8 Å². The van der Waals surface area contributed by atoms with E-state index in [2.05, 4.69) is 30.8 Å². The molecule has 98 valence electrons. The van der Waals surface area contributed by atoms with Crippen molar-refractivity contribution in [1.29, 1.82) is 0 Å². The second-order valence-electron chi connectivity index (χ2n) is 4.77. The monoisotopic (exact) mass is 244 g/mol. The zero-order valence-corrected chi connectivity index (χ0v) is 11.2. The van der Waals surface area contributed by atoms with Crippen LogP contribution in [0.5, 0.6) is 0 Å². The van der Waals surface area contributed by atoms with Gasteiger partial charge < -0.3 is 0 Å². The largest absolute Gasteiger partial charge is 0.300 e. The number of carbonyl (C=O) groups is 1. The molecule has 1 heteroatoms. The molecule has 0 N–H and O–H groups in total. The SMILES string of the molecule is C=CCCCCCC(=O)CCCc1ccccc1. The maximum absolute atomic E-state index is 11.6. The number of hydrogen-bond donors (Lipinski definition) is 0. The Hall–Kier alpha value is -1.37. The molecule has 0 bridgehead atoms. The highest BCUT2D eigenvalue weighted by Crippen LogP contribution is 2.09. The van der Waals surface area contributed by atoms with E-state index in [9.17, 15) is 4.79 Å². The van der Waals surface area contributed by atoms with Crippen molar-refractivity contribution in [3.8, 4) is 0 Å². The summed E-state index contributed by atoms with van der Waals surface area (Å²) in [6, 6.07) is 10.4. The fourth-order valence-electron chi connectivity index (χ4n) is 2.05. The van der Waals surface area contributed by atoms with Crippen molar-refractivity contribution in [2.45, 2.75) is 51.4 Å². The molecule has 0 unspecified atom stereocenters. The number of hydrogen-bond acceptors (Lipinski definition) is 1. The molecule has 0 heterocycles. The zero-order chi connectivity index (χ0) is 13.1. The van der Waals surface area contributed by atoms with Crippen LogP contribution in [0.25, 0.3) is 0 Å². The van der Waals surface area contributed by atoms with Gasteiger partial charge in [0, 0.05) is 12.8 Å². The molecule has 0 spiro atoms. The minimum Gasteiger partial charge on any atom is -0.300 e. The molecule has 0 amide bonds. The Balaban J connectivity index is 2.01. The average molecular weight is 244 g/mol. The summed E-state index contributed by atoms with van der Waals surface area (Å²) in [6.45, 7) is 3.70. The van der Waals surface area contributed by atoms with E-state index in [0.717, 1.165) is 44.9 Å². The van der Waals surface area contributed by atoms with Crippen LogP contribution in [0.1, 0.15) is 50.5 Å². The van der Waals surface area contributed by atoms with Gasteiger partial charge in [0.1, 0.15) is 5.78 Å². The van der Waals surface area contributed by atoms with Crippen LogP contribution in [0.2, 0.25) is 0 Å². The summed E-state index contributed by atoms with van der Waals surface area (Å²) in [6.07, 6.45) is 9.86. The third kappa shape index (κ3) is 7.05. The van der Waals surface area contributed by atoms with Crippen molar-refractivity contribution in [3.05, 3.63) is 48.6 Å². The molecule has 0 aliphatic carbocycles. The lowest BCUT2D eigenvalue weighted by Gasteiger charge is -2.02. The Labute approximate surface area is 111 Å². The van der Waals surface area contributed by atoms with Crippen LogP contribution < -0.4 is 0 Å². The highest BCUT2D eigenvalue weighted by atomic mass is 16.1. The lowest BCUT2D eigenvalue weighted by molar-refractivity contribution is -0.119. The quantitative estimate of drug-likeness (QED) is 0.430. The molecule has 0 fully saturated rings. The van der Waals surface area contributed by atoms with Gasteiger partial charge in [-0.3, -0.25) is 4.79 Å². The van der Waals surface area contributed by atoms with E-state index in [1.54, 1.807) is 0 Å². The molecule has 1 aromatic rings. The molecule has 18 heavy (non-hydrogen) atoms. The van der Waals surface area contributed by atoms with Crippen LogP contribution in [0.4, 0.5) is 0 Å². The van der Waals surface area contributed by atoms with E-state index in [-0.39, 0.29) is 0 Å². The summed E-state index contributed by atoms with van der Waals surface area (Å²) in [5, 5.41) is 0. The minimum absolute atomic E-state index is 0.421. The molecule has 1 aromatic carbocycles. The van der Waals surface area contributed by atoms with Crippen molar-refractivity contribution >= 4 is 5.78 Å². The summed E-state index contributed by atoms with van der Waals surface area (Å²) >= 11 is 0. The van der Waals surface area contributed by atoms with Crippen molar-refractivity contribution in [2.24, 2.45) is 0 Å². The smallest absolute Gasteiger partial charge is 0.132 e. The number of ketones is 1. The summed E-state index contributed by atoms with van der Waals surface area (Å²) in [4.78, 5) is 11.6. The van der Waals surface area contributed by atoms with E-state index in [1.165, 1.54) is 12.0 Å². The second-order valence-corrected chi connectivity index (χ2v) is 4.77. The van der Waals surface area contributed by atoms with E-state index < -0.39 is 0 Å². The molecule has 1 nitrogen and oxygen atoms in total. The fraction of sp³-hybridized carbons (Fsp3) is 0.471. The Bertz CT molecular complexity index is 340. The number of allylic oxidation sites excluding steroid dienone is 1. The third-order valence-corrected chi connectivity index (χ3v) is 3.13. The van der Waals surface area contributed by atoms with Gasteiger partial charge in [-0.05, 0) is 37.7 Å². The molecule has 0 saturated heterocycles. The molecular weight excluding hydrogens is 220 g/mol. The van der Waals surface area contributed by atoms with Crippen molar-refractivity contribution in [3.63, 3.8) is 0 Å². The molecule has 0 atom stereocenters. The van der Waals surface area contributed by atoms with Crippen LogP contribution >= 0.6 is 0 Å². The van der Waals surface area contributed by atoms with Gasteiger partial charge in [0.2, 0.25) is 0 Å². The lowest BCUT2D eigenvalue weighted by atomic mass is 10.0. The molecule has 0 radical (unpaired) electrons. The summed E-state index contributed by atoms with van der Waals surface area (Å²) in [5.74, 6) is 0.421. The van der Waals surface area contributed by atoms with Gasteiger partial charge in [0.15, 0.2) is 0 Å². The number of aryl methyl sites for hydroxylation is 1.